The maximum Gasteiger partial charge on any atom is 0.140 e. The quantitative estimate of drug-likeness (QED) is 0.158. The van der Waals surface area contributed by atoms with E-state index in [1.165, 1.54) is 88.8 Å². The predicted molar refractivity (Wildman–Crippen MR) is 295 cm³/mol. The third-order valence-corrected chi connectivity index (χ3v) is 15.2. The van der Waals surface area contributed by atoms with Crippen molar-refractivity contribution in [1.29, 1.82) is 0 Å². The van der Waals surface area contributed by atoms with E-state index in [0.29, 0.717) is 0 Å². The lowest BCUT2D eigenvalue weighted by Crippen LogP contribution is -2.32. The highest BCUT2D eigenvalue weighted by atomic mass is 16.5. The van der Waals surface area contributed by atoms with Crippen molar-refractivity contribution in [3.05, 3.63) is 288 Å². The molecule has 2 aliphatic carbocycles. The van der Waals surface area contributed by atoms with Crippen LogP contribution in [0.5, 0.6) is 11.5 Å². The molecular weight excluding hydrogens is 859 g/mol. The van der Waals surface area contributed by atoms with Crippen LogP contribution < -0.4 is 9.64 Å². The minimum absolute atomic E-state index is 0.573. The van der Waals surface area contributed by atoms with Crippen molar-refractivity contribution in [2.24, 2.45) is 0 Å². The van der Waals surface area contributed by atoms with Gasteiger partial charge in [-0.25, -0.2) is 0 Å². The van der Waals surface area contributed by atoms with E-state index in [1.807, 2.05) is 0 Å². The van der Waals surface area contributed by atoms with Crippen molar-refractivity contribution in [2.75, 3.05) is 4.90 Å². The molecule has 0 aromatic heterocycles. The lowest BCUT2D eigenvalue weighted by molar-refractivity contribution is 0.439. The van der Waals surface area contributed by atoms with Crippen molar-refractivity contribution in [2.45, 2.75) is 18.3 Å². The van der Waals surface area contributed by atoms with E-state index in [9.17, 15) is 0 Å². The zero-order valence-electron chi connectivity index (χ0n) is 39.1. The lowest BCUT2D eigenvalue weighted by atomic mass is 9.65. The van der Waals surface area contributed by atoms with Crippen LogP contribution in [0.2, 0.25) is 0 Å². The first-order chi connectivity index (χ1) is 35.2. The molecule has 2 heteroatoms. The molecule has 71 heavy (non-hydrogen) atoms. The summed E-state index contributed by atoms with van der Waals surface area (Å²) >= 11 is 0. The topological polar surface area (TPSA) is 12.5 Å². The van der Waals surface area contributed by atoms with Crippen LogP contribution in [0.3, 0.4) is 0 Å². The van der Waals surface area contributed by atoms with Crippen molar-refractivity contribution < 1.29 is 4.74 Å². The number of nitrogens with zero attached hydrogens (tertiary/aromatic N) is 1. The van der Waals surface area contributed by atoms with Gasteiger partial charge in [0.05, 0.1) is 5.41 Å². The molecule has 1 spiro atoms. The average molecular weight is 906 g/mol. The second kappa shape index (κ2) is 16.6. The van der Waals surface area contributed by atoms with Crippen molar-refractivity contribution >= 4 is 33.9 Å². The highest BCUT2D eigenvalue weighted by molar-refractivity contribution is 5.97. The van der Waals surface area contributed by atoms with Gasteiger partial charge in [-0.3, -0.25) is 0 Å². The largest absolute Gasteiger partial charge is 0.455 e. The molecule has 1 heterocycles. The Bertz CT molecular complexity index is 3890. The molecule has 11 aromatic carbocycles. The second-order valence-electron chi connectivity index (χ2n) is 19.0. The van der Waals surface area contributed by atoms with Gasteiger partial charge in [-0.15, -0.1) is 0 Å². The Morgan fingerprint density at radius 3 is 1.68 bits per heavy atom. The zero-order chi connectivity index (χ0) is 46.9. The minimum atomic E-state index is -0.573. The molecule has 0 saturated carbocycles. The van der Waals surface area contributed by atoms with Crippen LogP contribution in [0.25, 0.3) is 72.5 Å². The summed E-state index contributed by atoms with van der Waals surface area (Å²) in [7, 11) is 0. The molecule has 0 bridgehead atoms. The number of fused-ring (bicyclic) bond motifs is 13. The fraction of sp³-hybridized carbons (Fsp3) is 0.0435. The summed E-state index contributed by atoms with van der Waals surface area (Å²) in [5.41, 5.74) is 22.2. The van der Waals surface area contributed by atoms with E-state index < -0.39 is 5.41 Å². The number of benzene rings is 11. The molecule has 1 atom stereocenters. The normalized spacial score (nSPS) is 14.8. The summed E-state index contributed by atoms with van der Waals surface area (Å²) in [5.74, 6) is 1.93. The van der Waals surface area contributed by atoms with Gasteiger partial charge in [0.25, 0.3) is 0 Å². The number of anilines is 3. The van der Waals surface area contributed by atoms with E-state index >= 15 is 0 Å². The van der Waals surface area contributed by atoms with Crippen LogP contribution in [0.1, 0.15) is 39.8 Å². The molecule has 1 aliphatic heterocycles. The molecule has 0 fully saturated rings. The van der Waals surface area contributed by atoms with E-state index in [-0.39, 0.29) is 0 Å². The molecule has 0 saturated heterocycles. The highest BCUT2D eigenvalue weighted by Gasteiger charge is 2.52. The molecule has 14 rings (SSSR count). The Labute approximate surface area is 415 Å². The third-order valence-electron chi connectivity index (χ3n) is 15.2. The SMILES string of the molecule is C1=Cc2c(ccc3c2Oc2c(ccc4ccccc24)C32c3ccccc3-c3cc(-c4cccc(N(c5ccc(-c6ccccc6)cc5)c5ccc(-c6ccccc6-c6ccccc6)cc5)c4)ccc32)CC1. The summed E-state index contributed by atoms with van der Waals surface area (Å²) < 4.78 is 7.23. The smallest absolute Gasteiger partial charge is 0.140 e. The standard InChI is InChI=1S/C69H47NO/c1-3-16-46(17-4-1)47-30-37-54(38-31-47)70(55-39-32-51(33-40-55)58-25-12-11-24-57(58)48-18-5-2-6-19-48)56-23-15-22-52(44-56)53-36-41-64-62(45-53)61-28-13-14-29-63(61)69(64)65-42-34-49-20-7-9-26-59(49)67(65)71-68-60-27-10-8-21-50(60)35-43-66(68)69/h1-7,9-20,22-45H,8,21H2. The highest BCUT2D eigenvalue weighted by Crippen LogP contribution is 2.64. The van der Waals surface area contributed by atoms with E-state index in [2.05, 4.69) is 266 Å². The Morgan fingerprint density at radius 1 is 0.352 bits per heavy atom. The summed E-state index contributed by atoms with van der Waals surface area (Å²) in [6.45, 7) is 0. The first kappa shape index (κ1) is 41.0. The van der Waals surface area contributed by atoms with Gasteiger partial charge in [0.1, 0.15) is 11.5 Å². The Balaban J connectivity index is 0.910. The van der Waals surface area contributed by atoms with Gasteiger partial charge in [0, 0.05) is 39.1 Å². The molecule has 0 radical (unpaired) electrons. The summed E-state index contributed by atoms with van der Waals surface area (Å²) in [4.78, 5) is 2.39. The molecule has 1 unspecified atom stereocenters. The van der Waals surface area contributed by atoms with Crippen LogP contribution in [-0.2, 0) is 11.8 Å². The van der Waals surface area contributed by atoms with E-state index in [0.717, 1.165) is 52.4 Å². The Morgan fingerprint density at radius 2 is 0.901 bits per heavy atom. The van der Waals surface area contributed by atoms with Gasteiger partial charge in [0.15, 0.2) is 0 Å². The van der Waals surface area contributed by atoms with Gasteiger partial charge in [0.2, 0.25) is 0 Å². The molecule has 3 aliphatic rings. The average Bonchev–Trinajstić information content (AvgIpc) is 3.74. The van der Waals surface area contributed by atoms with E-state index in [4.69, 9.17) is 4.74 Å². The van der Waals surface area contributed by atoms with E-state index in [1.54, 1.807) is 0 Å². The predicted octanol–water partition coefficient (Wildman–Crippen LogP) is 18.4. The van der Waals surface area contributed by atoms with Crippen LogP contribution in [-0.4, -0.2) is 0 Å². The second-order valence-corrected chi connectivity index (χ2v) is 19.0. The number of aryl methyl sites for hydroxylation is 1. The maximum absolute atomic E-state index is 7.23. The van der Waals surface area contributed by atoms with Gasteiger partial charge < -0.3 is 9.64 Å². The zero-order valence-corrected chi connectivity index (χ0v) is 39.1. The fourth-order valence-corrected chi connectivity index (χ4v) is 11.9. The van der Waals surface area contributed by atoms with Crippen LogP contribution >= 0.6 is 0 Å². The third kappa shape index (κ3) is 6.56. The molecule has 0 amide bonds. The molecular formula is C69H47NO. The maximum atomic E-state index is 7.23. The molecule has 334 valence electrons. The number of rotatable bonds is 7. The number of hydrogen-bond donors (Lipinski definition) is 0. The number of allylic oxidation sites excluding steroid dienone is 1. The molecule has 2 nitrogen and oxygen atoms in total. The number of hydrogen-bond acceptors (Lipinski definition) is 2. The fourth-order valence-electron chi connectivity index (χ4n) is 11.9. The van der Waals surface area contributed by atoms with Crippen molar-refractivity contribution in [3.8, 4) is 67.1 Å². The first-order valence-corrected chi connectivity index (χ1v) is 24.8. The summed E-state index contributed by atoms with van der Waals surface area (Å²) in [6.07, 6.45) is 6.65. The van der Waals surface area contributed by atoms with Gasteiger partial charge in [-0.05, 0) is 133 Å². The van der Waals surface area contributed by atoms with Gasteiger partial charge in [-0.2, -0.15) is 0 Å². The summed E-state index contributed by atoms with van der Waals surface area (Å²) in [5, 5.41) is 2.31. The monoisotopic (exact) mass is 905 g/mol. The number of ether oxygens (including phenoxy) is 1. The van der Waals surface area contributed by atoms with Crippen molar-refractivity contribution in [3.63, 3.8) is 0 Å². The lowest BCUT2D eigenvalue weighted by Gasteiger charge is -2.41. The first-order valence-electron chi connectivity index (χ1n) is 24.8. The van der Waals surface area contributed by atoms with Gasteiger partial charge >= 0.3 is 0 Å². The molecule has 11 aromatic rings. The van der Waals surface area contributed by atoms with Crippen LogP contribution in [0.4, 0.5) is 17.1 Å². The van der Waals surface area contributed by atoms with Crippen LogP contribution in [0, 0.1) is 0 Å². The van der Waals surface area contributed by atoms with Gasteiger partial charge in [-0.1, -0.05) is 218 Å². The molecule has 0 N–H and O–H groups in total. The Kier molecular flexibility index (Phi) is 9.60. The Hall–Kier alpha value is -8.98. The minimum Gasteiger partial charge on any atom is -0.455 e. The van der Waals surface area contributed by atoms with Crippen LogP contribution in [0.15, 0.2) is 255 Å². The summed E-state index contributed by atoms with van der Waals surface area (Å²) in [6, 6.07) is 91.3. The van der Waals surface area contributed by atoms with Crippen molar-refractivity contribution in [1.82, 2.24) is 0 Å².